The van der Waals surface area contributed by atoms with Crippen LogP contribution in [0, 0.1) is 12.8 Å². The normalized spacial score (nSPS) is 17.4. The predicted molar refractivity (Wildman–Crippen MR) is 131 cm³/mol. The lowest BCUT2D eigenvalue weighted by Crippen LogP contribution is -2.29. The number of carbonyl (C=O) groups excluding carboxylic acids is 2. The summed E-state index contributed by atoms with van der Waals surface area (Å²) in [4.78, 5) is 27.7. The van der Waals surface area contributed by atoms with Gasteiger partial charge in [-0.15, -0.1) is 0 Å². The maximum atomic E-state index is 13.2. The van der Waals surface area contributed by atoms with E-state index in [1.54, 1.807) is 48.5 Å². The molecule has 0 aliphatic carbocycles. The highest BCUT2D eigenvalue weighted by atomic mass is 16.5. The number of aliphatic hydroxyl groups is 1. The monoisotopic (exact) mass is 457 g/mol. The lowest BCUT2D eigenvalue weighted by molar-refractivity contribution is -0.132. The number of aromatic hydroxyl groups is 1. The van der Waals surface area contributed by atoms with Crippen LogP contribution in [0.1, 0.15) is 36.6 Å². The van der Waals surface area contributed by atoms with Crippen molar-refractivity contribution in [1.29, 1.82) is 0 Å². The Labute approximate surface area is 198 Å². The van der Waals surface area contributed by atoms with E-state index in [1.165, 1.54) is 17.0 Å². The molecule has 1 heterocycles. The second-order valence-corrected chi connectivity index (χ2v) is 8.83. The fourth-order valence-corrected chi connectivity index (χ4v) is 3.94. The van der Waals surface area contributed by atoms with E-state index in [0.29, 0.717) is 35.1 Å². The summed E-state index contributed by atoms with van der Waals surface area (Å²) < 4.78 is 5.70. The summed E-state index contributed by atoms with van der Waals surface area (Å²) in [6.45, 7) is 6.59. The molecule has 2 N–H and O–H groups in total. The van der Waals surface area contributed by atoms with Crippen LogP contribution < -0.4 is 9.64 Å². The molecule has 1 atom stereocenters. The Bertz CT molecular complexity index is 1240. The van der Waals surface area contributed by atoms with E-state index in [4.69, 9.17) is 4.74 Å². The Morgan fingerprint density at radius 1 is 1.00 bits per heavy atom. The van der Waals surface area contributed by atoms with E-state index in [0.717, 1.165) is 5.56 Å². The van der Waals surface area contributed by atoms with Crippen LogP contribution in [0.25, 0.3) is 5.76 Å². The van der Waals surface area contributed by atoms with Crippen molar-refractivity contribution in [2.45, 2.75) is 26.8 Å². The zero-order valence-electron chi connectivity index (χ0n) is 19.4. The number of phenols is 1. The van der Waals surface area contributed by atoms with Crippen LogP contribution in [0.4, 0.5) is 5.69 Å². The summed E-state index contributed by atoms with van der Waals surface area (Å²) in [5.41, 5.74) is 2.40. The minimum Gasteiger partial charge on any atom is -0.508 e. The Balaban J connectivity index is 1.82. The number of ether oxygens (including phenoxy) is 1. The van der Waals surface area contributed by atoms with Crippen LogP contribution in [-0.4, -0.2) is 28.5 Å². The van der Waals surface area contributed by atoms with Crippen molar-refractivity contribution < 1.29 is 24.5 Å². The number of hydrogen-bond acceptors (Lipinski definition) is 5. The van der Waals surface area contributed by atoms with E-state index in [2.05, 4.69) is 13.8 Å². The molecule has 1 unspecified atom stereocenters. The summed E-state index contributed by atoms with van der Waals surface area (Å²) in [7, 11) is 0. The number of amides is 1. The van der Waals surface area contributed by atoms with E-state index in [-0.39, 0.29) is 17.1 Å². The number of phenolic OH excluding ortho intramolecular Hbond substituents is 1. The number of aryl methyl sites for hydroxylation is 1. The van der Waals surface area contributed by atoms with Gasteiger partial charge >= 0.3 is 0 Å². The lowest BCUT2D eigenvalue weighted by atomic mass is 9.95. The molecule has 1 fully saturated rings. The number of anilines is 1. The largest absolute Gasteiger partial charge is 0.508 e. The molecule has 3 aromatic rings. The number of hydrogen-bond donors (Lipinski definition) is 2. The first kappa shape index (κ1) is 23.1. The zero-order valence-corrected chi connectivity index (χ0v) is 19.4. The van der Waals surface area contributed by atoms with Gasteiger partial charge in [0.1, 0.15) is 17.3 Å². The first-order valence-corrected chi connectivity index (χ1v) is 11.2. The van der Waals surface area contributed by atoms with Gasteiger partial charge in [-0.05, 0) is 66.9 Å². The molecule has 34 heavy (non-hydrogen) atoms. The minimum absolute atomic E-state index is 0.00125. The van der Waals surface area contributed by atoms with Gasteiger partial charge in [-0.25, -0.2) is 0 Å². The second-order valence-electron chi connectivity index (χ2n) is 8.83. The lowest BCUT2D eigenvalue weighted by Gasteiger charge is -2.25. The highest BCUT2D eigenvalue weighted by Crippen LogP contribution is 2.42. The van der Waals surface area contributed by atoms with Crippen LogP contribution in [0.5, 0.6) is 11.5 Å². The maximum Gasteiger partial charge on any atom is 0.300 e. The van der Waals surface area contributed by atoms with Gasteiger partial charge < -0.3 is 14.9 Å². The van der Waals surface area contributed by atoms with Crippen molar-refractivity contribution in [3.05, 3.63) is 95.1 Å². The molecule has 0 radical (unpaired) electrons. The highest BCUT2D eigenvalue weighted by Gasteiger charge is 2.47. The molecule has 0 saturated carbocycles. The van der Waals surface area contributed by atoms with Crippen molar-refractivity contribution in [2.75, 3.05) is 11.5 Å². The molecule has 1 aliphatic rings. The molecule has 1 amide bonds. The van der Waals surface area contributed by atoms with Crippen LogP contribution in [0.2, 0.25) is 0 Å². The van der Waals surface area contributed by atoms with Gasteiger partial charge in [0.15, 0.2) is 0 Å². The molecule has 1 saturated heterocycles. The third kappa shape index (κ3) is 4.53. The van der Waals surface area contributed by atoms with Crippen LogP contribution in [0.15, 0.2) is 78.4 Å². The molecule has 0 spiro atoms. The first-order valence-electron chi connectivity index (χ1n) is 11.2. The number of benzene rings is 3. The molecule has 6 heteroatoms. The maximum absolute atomic E-state index is 13.2. The van der Waals surface area contributed by atoms with E-state index in [9.17, 15) is 19.8 Å². The van der Waals surface area contributed by atoms with Gasteiger partial charge in [-0.1, -0.05) is 43.7 Å². The average Bonchev–Trinajstić information content (AvgIpc) is 3.08. The summed E-state index contributed by atoms with van der Waals surface area (Å²) in [5.74, 6) is -0.791. The Morgan fingerprint density at radius 2 is 1.68 bits per heavy atom. The predicted octanol–water partition coefficient (Wildman–Crippen LogP) is 5.36. The molecule has 174 valence electrons. The molecule has 0 bridgehead atoms. The third-order valence-electron chi connectivity index (χ3n) is 5.65. The van der Waals surface area contributed by atoms with Gasteiger partial charge in [-0.2, -0.15) is 0 Å². The molecule has 3 aromatic carbocycles. The topological polar surface area (TPSA) is 87.1 Å². The van der Waals surface area contributed by atoms with Crippen molar-refractivity contribution in [3.63, 3.8) is 0 Å². The highest BCUT2D eigenvalue weighted by molar-refractivity contribution is 6.51. The average molecular weight is 458 g/mol. The van der Waals surface area contributed by atoms with Crippen LogP contribution in [0.3, 0.4) is 0 Å². The van der Waals surface area contributed by atoms with Crippen molar-refractivity contribution in [1.82, 2.24) is 0 Å². The number of ketones is 1. The van der Waals surface area contributed by atoms with Gasteiger partial charge in [0.25, 0.3) is 11.7 Å². The van der Waals surface area contributed by atoms with Crippen molar-refractivity contribution in [3.8, 4) is 11.5 Å². The van der Waals surface area contributed by atoms with E-state index >= 15 is 0 Å². The summed E-state index contributed by atoms with van der Waals surface area (Å²) >= 11 is 0. The molecular formula is C28H27NO5. The number of rotatable bonds is 6. The Morgan fingerprint density at radius 3 is 2.29 bits per heavy atom. The van der Waals surface area contributed by atoms with Crippen LogP contribution >= 0.6 is 0 Å². The smallest absolute Gasteiger partial charge is 0.300 e. The standard InChI is InChI=1S/C28H27NO5/c1-17(2)16-34-23-13-9-19(10-14-23)26(31)24-25(20-5-4-6-22(30)15-20)29(28(33)27(24)32)21-11-7-18(3)8-12-21/h4-15,17,25,30-31H,16H2,1-3H3/b26-24-. The summed E-state index contributed by atoms with van der Waals surface area (Å²) in [6.07, 6.45) is 0. The van der Waals surface area contributed by atoms with Crippen LogP contribution in [-0.2, 0) is 9.59 Å². The number of aliphatic hydroxyl groups excluding tert-OH is 1. The first-order chi connectivity index (χ1) is 16.3. The SMILES string of the molecule is Cc1ccc(N2C(=O)C(=O)/C(=C(\O)c3ccc(OCC(C)C)cc3)C2c2cccc(O)c2)cc1. The quantitative estimate of drug-likeness (QED) is 0.296. The Hall–Kier alpha value is -4.06. The van der Waals surface area contributed by atoms with Gasteiger partial charge in [-0.3, -0.25) is 14.5 Å². The second kappa shape index (κ2) is 9.43. The summed E-state index contributed by atoms with van der Waals surface area (Å²) in [6, 6.07) is 19.4. The zero-order chi connectivity index (χ0) is 24.4. The fourth-order valence-electron chi connectivity index (χ4n) is 3.94. The van der Waals surface area contributed by atoms with Crippen molar-refractivity contribution in [2.24, 2.45) is 5.92 Å². The van der Waals surface area contributed by atoms with E-state index in [1.807, 2.05) is 19.1 Å². The molecule has 1 aliphatic heterocycles. The fraction of sp³-hybridized carbons (Fsp3) is 0.214. The van der Waals surface area contributed by atoms with Crippen molar-refractivity contribution >= 4 is 23.1 Å². The van der Waals surface area contributed by atoms with Gasteiger partial charge in [0.2, 0.25) is 0 Å². The number of nitrogens with zero attached hydrogens (tertiary/aromatic N) is 1. The molecule has 4 rings (SSSR count). The molecular weight excluding hydrogens is 430 g/mol. The molecule has 6 nitrogen and oxygen atoms in total. The Kier molecular flexibility index (Phi) is 6.41. The van der Waals surface area contributed by atoms with E-state index < -0.39 is 17.7 Å². The third-order valence-corrected chi connectivity index (χ3v) is 5.65. The number of Topliss-reactive ketones (excluding diaryl/α,β-unsaturated/α-hetero) is 1. The minimum atomic E-state index is -0.897. The molecule has 0 aromatic heterocycles. The number of carbonyl (C=O) groups is 2. The summed E-state index contributed by atoms with van der Waals surface area (Å²) in [5, 5.41) is 21.3. The van der Waals surface area contributed by atoms with Gasteiger partial charge in [0.05, 0.1) is 18.2 Å². The van der Waals surface area contributed by atoms with Gasteiger partial charge in [0, 0.05) is 11.3 Å².